The molecule has 0 saturated heterocycles. The van der Waals surface area contributed by atoms with E-state index in [1.807, 2.05) is 0 Å². The standard InChI is InChI=1S/C18H23O2P.BrH/c1-14(2)13-21(17-9-5-15(19-3)6-10-17)18-11-7-16(20-4)8-12-18;/h5-12,14H,13H2,1-4H3;1H. The third-order valence-electron chi connectivity index (χ3n) is 3.32. The Morgan fingerprint density at radius 3 is 1.41 bits per heavy atom. The van der Waals surface area contributed by atoms with Crippen LogP contribution in [0.25, 0.3) is 0 Å². The minimum Gasteiger partial charge on any atom is -0.497 e. The highest BCUT2D eigenvalue weighted by molar-refractivity contribution is 8.93. The van der Waals surface area contributed by atoms with Crippen molar-refractivity contribution >= 4 is 35.5 Å². The summed E-state index contributed by atoms with van der Waals surface area (Å²) < 4.78 is 10.5. The Kier molecular flexibility index (Phi) is 7.92. The molecular weight excluding hydrogens is 359 g/mol. The highest BCUT2D eigenvalue weighted by Gasteiger charge is 2.15. The maximum atomic E-state index is 5.26. The monoisotopic (exact) mass is 382 g/mol. The molecular formula is C18H24BrO2P. The number of halogens is 1. The Morgan fingerprint density at radius 1 is 0.773 bits per heavy atom. The van der Waals surface area contributed by atoms with E-state index in [0.717, 1.165) is 11.5 Å². The first-order chi connectivity index (χ1) is 10.1. The molecule has 2 nitrogen and oxygen atoms in total. The van der Waals surface area contributed by atoms with Gasteiger partial charge in [-0.2, -0.15) is 0 Å². The molecule has 0 fully saturated rings. The first kappa shape index (κ1) is 19.0. The average Bonchev–Trinajstić information content (AvgIpc) is 2.53. The molecule has 0 aliphatic rings. The van der Waals surface area contributed by atoms with Gasteiger partial charge in [0.2, 0.25) is 0 Å². The van der Waals surface area contributed by atoms with Crippen LogP contribution in [0.2, 0.25) is 0 Å². The lowest BCUT2D eigenvalue weighted by molar-refractivity contribution is 0.415. The van der Waals surface area contributed by atoms with E-state index >= 15 is 0 Å². The van der Waals surface area contributed by atoms with Gasteiger partial charge >= 0.3 is 0 Å². The summed E-state index contributed by atoms with van der Waals surface area (Å²) in [6.07, 6.45) is 1.19. The maximum absolute atomic E-state index is 5.26. The first-order valence-electron chi connectivity index (χ1n) is 7.19. The van der Waals surface area contributed by atoms with Gasteiger partial charge in [-0.3, -0.25) is 0 Å². The fraction of sp³-hybridized carbons (Fsp3) is 0.333. The summed E-state index contributed by atoms with van der Waals surface area (Å²) in [5.41, 5.74) is 0. The summed E-state index contributed by atoms with van der Waals surface area (Å²) in [5.74, 6) is 2.49. The van der Waals surface area contributed by atoms with E-state index in [1.165, 1.54) is 16.8 Å². The highest BCUT2D eigenvalue weighted by Crippen LogP contribution is 2.36. The minimum absolute atomic E-state index is 0. The molecule has 0 saturated carbocycles. The van der Waals surface area contributed by atoms with Crippen LogP contribution in [0.15, 0.2) is 48.5 Å². The van der Waals surface area contributed by atoms with Gasteiger partial charge in [0.15, 0.2) is 0 Å². The van der Waals surface area contributed by atoms with E-state index in [4.69, 9.17) is 9.47 Å². The smallest absolute Gasteiger partial charge is 0.118 e. The van der Waals surface area contributed by atoms with Gasteiger partial charge in [0.05, 0.1) is 14.2 Å². The van der Waals surface area contributed by atoms with Crippen LogP contribution in [-0.4, -0.2) is 20.4 Å². The third kappa shape index (κ3) is 5.00. The van der Waals surface area contributed by atoms with Gasteiger partial charge < -0.3 is 9.47 Å². The van der Waals surface area contributed by atoms with Crippen molar-refractivity contribution in [2.75, 3.05) is 20.4 Å². The lowest BCUT2D eigenvalue weighted by Gasteiger charge is -2.21. The summed E-state index contributed by atoms with van der Waals surface area (Å²) >= 11 is 0. The lowest BCUT2D eigenvalue weighted by atomic mass is 10.3. The first-order valence-corrected chi connectivity index (χ1v) is 8.72. The van der Waals surface area contributed by atoms with Crippen LogP contribution < -0.4 is 20.1 Å². The second kappa shape index (κ2) is 9.17. The number of hydrogen-bond donors (Lipinski definition) is 0. The van der Waals surface area contributed by atoms with E-state index in [-0.39, 0.29) is 24.9 Å². The molecule has 0 amide bonds. The van der Waals surface area contributed by atoms with Gasteiger partial charge in [0.25, 0.3) is 0 Å². The molecule has 4 heteroatoms. The van der Waals surface area contributed by atoms with Gasteiger partial charge in [-0.25, -0.2) is 0 Å². The Bertz CT molecular complexity index is 505. The number of benzene rings is 2. The summed E-state index contributed by atoms with van der Waals surface area (Å²) in [6.45, 7) is 4.56. The zero-order valence-electron chi connectivity index (χ0n) is 13.6. The van der Waals surface area contributed by atoms with Crippen molar-refractivity contribution in [2.45, 2.75) is 13.8 Å². The van der Waals surface area contributed by atoms with E-state index in [2.05, 4.69) is 62.4 Å². The number of hydrogen-bond acceptors (Lipinski definition) is 2. The maximum Gasteiger partial charge on any atom is 0.118 e. The topological polar surface area (TPSA) is 18.5 Å². The Morgan fingerprint density at radius 2 is 1.14 bits per heavy atom. The van der Waals surface area contributed by atoms with Crippen molar-refractivity contribution in [1.82, 2.24) is 0 Å². The average molecular weight is 383 g/mol. The normalized spacial score (nSPS) is 10.5. The summed E-state index contributed by atoms with van der Waals surface area (Å²) in [5, 5.41) is 2.79. The highest BCUT2D eigenvalue weighted by atomic mass is 79.9. The SMILES string of the molecule is Br.COc1ccc(P(CC(C)C)c2ccc(OC)cc2)cc1. The third-order valence-corrected chi connectivity index (χ3v) is 6.25. The van der Waals surface area contributed by atoms with Crippen LogP contribution in [0.5, 0.6) is 11.5 Å². The van der Waals surface area contributed by atoms with Crippen molar-refractivity contribution in [3.05, 3.63) is 48.5 Å². The molecule has 0 unspecified atom stereocenters. The molecule has 120 valence electrons. The Labute approximate surface area is 145 Å². The molecule has 0 aliphatic heterocycles. The molecule has 22 heavy (non-hydrogen) atoms. The Hall–Kier alpha value is -1.05. The second-order valence-electron chi connectivity index (χ2n) is 5.40. The van der Waals surface area contributed by atoms with E-state index in [1.54, 1.807) is 14.2 Å². The lowest BCUT2D eigenvalue weighted by Crippen LogP contribution is -2.16. The fourth-order valence-corrected chi connectivity index (χ4v) is 4.72. The van der Waals surface area contributed by atoms with Crippen molar-refractivity contribution < 1.29 is 9.47 Å². The van der Waals surface area contributed by atoms with Crippen LogP contribution in [0, 0.1) is 5.92 Å². The predicted octanol–water partition coefficient (Wildman–Crippen LogP) is 4.37. The molecule has 0 aromatic heterocycles. The van der Waals surface area contributed by atoms with Gasteiger partial charge in [-0.1, -0.05) is 38.1 Å². The fourth-order valence-electron chi connectivity index (χ4n) is 2.25. The van der Waals surface area contributed by atoms with Crippen LogP contribution in [-0.2, 0) is 0 Å². The van der Waals surface area contributed by atoms with Gasteiger partial charge in [0, 0.05) is 0 Å². The van der Waals surface area contributed by atoms with Crippen LogP contribution in [0.4, 0.5) is 0 Å². The number of rotatable bonds is 6. The minimum atomic E-state index is -0.336. The molecule has 2 aromatic carbocycles. The second-order valence-corrected chi connectivity index (χ2v) is 7.65. The predicted molar refractivity (Wildman–Crippen MR) is 102 cm³/mol. The summed E-state index contributed by atoms with van der Waals surface area (Å²) in [7, 11) is 3.07. The quantitative estimate of drug-likeness (QED) is 0.690. The molecule has 0 radical (unpaired) electrons. The van der Waals surface area contributed by atoms with E-state index < -0.39 is 0 Å². The molecule has 0 bridgehead atoms. The van der Waals surface area contributed by atoms with Crippen molar-refractivity contribution in [3.63, 3.8) is 0 Å². The summed E-state index contributed by atoms with van der Waals surface area (Å²) in [4.78, 5) is 0. The Balaban J connectivity index is 0.00000242. The van der Waals surface area contributed by atoms with Crippen LogP contribution >= 0.6 is 24.9 Å². The van der Waals surface area contributed by atoms with Gasteiger partial charge in [-0.05, 0) is 54.9 Å². The van der Waals surface area contributed by atoms with Crippen molar-refractivity contribution in [1.29, 1.82) is 0 Å². The summed E-state index contributed by atoms with van der Waals surface area (Å²) in [6, 6.07) is 17.0. The van der Waals surface area contributed by atoms with Crippen molar-refractivity contribution in [3.8, 4) is 11.5 Å². The number of methoxy groups -OCH3 is 2. The zero-order chi connectivity index (χ0) is 15.2. The van der Waals surface area contributed by atoms with E-state index in [9.17, 15) is 0 Å². The zero-order valence-corrected chi connectivity index (χ0v) is 16.2. The largest absolute Gasteiger partial charge is 0.497 e. The molecule has 0 N–H and O–H groups in total. The number of ether oxygens (including phenoxy) is 2. The van der Waals surface area contributed by atoms with Crippen LogP contribution in [0.3, 0.4) is 0 Å². The molecule has 0 atom stereocenters. The molecule has 0 aliphatic carbocycles. The molecule has 2 rings (SSSR count). The molecule has 0 heterocycles. The molecule has 0 spiro atoms. The van der Waals surface area contributed by atoms with E-state index in [0.29, 0.717) is 5.92 Å². The van der Waals surface area contributed by atoms with Crippen molar-refractivity contribution in [2.24, 2.45) is 5.92 Å². The molecule has 2 aromatic rings. The van der Waals surface area contributed by atoms with Crippen LogP contribution in [0.1, 0.15) is 13.8 Å². The van der Waals surface area contributed by atoms with Gasteiger partial charge in [0.1, 0.15) is 11.5 Å². The van der Waals surface area contributed by atoms with Gasteiger partial charge in [-0.15, -0.1) is 17.0 Å².